The summed E-state index contributed by atoms with van der Waals surface area (Å²) < 4.78 is 46.2. The van der Waals surface area contributed by atoms with Crippen molar-refractivity contribution in [2.75, 3.05) is 47.3 Å². The van der Waals surface area contributed by atoms with Gasteiger partial charge < -0.3 is 73.6 Å². The van der Waals surface area contributed by atoms with E-state index in [0.717, 1.165) is 11.1 Å². The van der Waals surface area contributed by atoms with Crippen molar-refractivity contribution in [2.24, 2.45) is 11.8 Å². The zero-order valence-corrected chi connectivity index (χ0v) is 25.2. The molecule has 15 nitrogen and oxygen atoms in total. The number of fused-ring (bicyclic) bond motifs is 1. The van der Waals surface area contributed by atoms with Gasteiger partial charge >= 0.3 is 0 Å². The normalized spacial score (nSPS) is 38.9. The van der Waals surface area contributed by atoms with E-state index in [4.69, 9.17) is 37.9 Å². The molecule has 0 radical (unpaired) electrons. The number of hydrogen-bond acceptors (Lipinski definition) is 15. The van der Waals surface area contributed by atoms with Crippen LogP contribution in [0.5, 0.6) is 23.0 Å². The molecule has 0 saturated carbocycles. The van der Waals surface area contributed by atoms with Gasteiger partial charge in [0.25, 0.3) is 0 Å². The Morgan fingerprint density at radius 3 is 2.02 bits per heavy atom. The first kappa shape index (κ1) is 33.1. The van der Waals surface area contributed by atoms with Crippen molar-refractivity contribution in [1.82, 2.24) is 0 Å². The maximum Gasteiger partial charge on any atom is 0.229 e. The Labute approximate surface area is 264 Å². The first-order valence-corrected chi connectivity index (χ1v) is 15.0. The number of phenolic OH excluding ortho intramolecular Hbond substituents is 1. The highest BCUT2D eigenvalue weighted by molar-refractivity contribution is 5.45. The molecule has 0 bridgehead atoms. The molecule has 4 unspecified atom stereocenters. The predicted octanol–water partition coefficient (Wildman–Crippen LogP) is -0.872. The Hall–Kier alpha value is -2.80. The number of rotatable bonds is 10. The fourth-order valence-corrected chi connectivity index (χ4v) is 6.55. The highest BCUT2D eigenvalue weighted by Gasteiger charge is 2.54. The van der Waals surface area contributed by atoms with Crippen LogP contribution in [-0.4, -0.2) is 132 Å². The summed E-state index contributed by atoms with van der Waals surface area (Å²) in [6, 6.07) is 10.3. The van der Waals surface area contributed by atoms with E-state index < -0.39 is 68.5 Å². The fraction of sp³-hybridized carbons (Fsp3) is 0.613. The van der Waals surface area contributed by atoms with Crippen LogP contribution < -0.4 is 14.2 Å². The zero-order valence-electron chi connectivity index (χ0n) is 25.2. The number of aliphatic hydroxyl groups is 6. The molecule has 254 valence electrons. The van der Waals surface area contributed by atoms with Crippen LogP contribution in [-0.2, 0) is 23.7 Å². The van der Waals surface area contributed by atoms with Gasteiger partial charge in [0.15, 0.2) is 35.4 Å². The third-order valence-corrected chi connectivity index (χ3v) is 9.25. The Kier molecular flexibility index (Phi) is 9.62. The Balaban J connectivity index is 1.19. The van der Waals surface area contributed by atoms with Crippen LogP contribution in [0.25, 0.3) is 0 Å². The van der Waals surface area contributed by atoms with E-state index in [9.17, 15) is 35.7 Å². The average molecular weight is 653 g/mol. The van der Waals surface area contributed by atoms with Crippen molar-refractivity contribution in [1.29, 1.82) is 0 Å². The molecular weight excluding hydrogens is 612 g/mol. The number of aliphatic hydroxyl groups excluding tert-OH is 5. The van der Waals surface area contributed by atoms with E-state index in [0.29, 0.717) is 24.7 Å². The van der Waals surface area contributed by atoms with Crippen LogP contribution >= 0.6 is 0 Å². The third-order valence-electron chi connectivity index (χ3n) is 9.25. The van der Waals surface area contributed by atoms with Crippen LogP contribution in [0.4, 0.5) is 0 Å². The molecule has 2 aromatic rings. The van der Waals surface area contributed by atoms with Gasteiger partial charge in [0.2, 0.25) is 6.29 Å². The van der Waals surface area contributed by atoms with Gasteiger partial charge in [-0.2, -0.15) is 0 Å². The summed E-state index contributed by atoms with van der Waals surface area (Å²) in [4.78, 5) is 0. The molecule has 4 saturated heterocycles. The van der Waals surface area contributed by atoms with Crippen molar-refractivity contribution in [3.8, 4) is 23.0 Å². The number of aromatic hydroxyl groups is 1. The van der Waals surface area contributed by atoms with Crippen molar-refractivity contribution in [3.63, 3.8) is 0 Å². The summed E-state index contributed by atoms with van der Waals surface area (Å²) in [7, 11) is 2.93. The Bertz CT molecular complexity index is 1360. The molecular formula is C31H40O15. The summed E-state index contributed by atoms with van der Waals surface area (Å²) in [6.07, 6.45) is -11.1. The lowest BCUT2D eigenvalue weighted by Crippen LogP contribution is -2.62. The minimum atomic E-state index is -1.99. The number of benzene rings is 2. The topological polar surface area (TPSA) is 215 Å². The monoisotopic (exact) mass is 652 g/mol. The number of ether oxygens (including phenoxy) is 8. The molecule has 7 N–H and O–H groups in total. The lowest BCUT2D eigenvalue weighted by molar-refractivity contribution is -0.319. The molecule has 46 heavy (non-hydrogen) atoms. The minimum Gasteiger partial charge on any atom is -0.504 e. The van der Waals surface area contributed by atoms with Crippen molar-refractivity contribution < 1.29 is 73.6 Å². The maximum absolute atomic E-state index is 10.9. The van der Waals surface area contributed by atoms with E-state index in [1.54, 1.807) is 36.4 Å². The van der Waals surface area contributed by atoms with Gasteiger partial charge in [0.1, 0.15) is 30.0 Å². The van der Waals surface area contributed by atoms with Crippen molar-refractivity contribution in [2.45, 2.75) is 60.9 Å². The van der Waals surface area contributed by atoms with Crippen LogP contribution in [0.1, 0.15) is 23.3 Å². The first-order chi connectivity index (χ1) is 22.1. The number of methoxy groups -OCH3 is 2. The summed E-state index contributed by atoms with van der Waals surface area (Å²) >= 11 is 0. The second-order valence-corrected chi connectivity index (χ2v) is 12.0. The number of phenols is 1. The van der Waals surface area contributed by atoms with Crippen LogP contribution in [0.3, 0.4) is 0 Å². The summed E-state index contributed by atoms with van der Waals surface area (Å²) in [5, 5.41) is 71.5. The van der Waals surface area contributed by atoms with Crippen LogP contribution in [0, 0.1) is 11.8 Å². The largest absolute Gasteiger partial charge is 0.504 e. The van der Waals surface area contributed by atoms with Gasteiger partial charge in [-0.3, -0.25) is 0 Å². The molecule has 0 amide bonds. The molecule has 0 aliphatic carbocycles. The molecule has 0 aromatic heterocycles. The second-order valence-electron chi connectivity index (χ2n) is 12.0. The van der Waals surface area contributed by atoms with Gasteiger partial charge in [-0.25, -0.2) is 0 Å². The molecule has 0 spiro atoms. The van der Waals surface area contributed by atoms with E-state index in [-0.39, 0.29) is 35.5 Å². The maximum atomic E-state index is 10.9. The minimum absolute atomic E-state index is 0.0260. The fourth-order valence-electron chi connectivity index (χ4n) is 6.55. The average Bonchev–Trinajstić information content (AvgIpc) is 3.76. The quantitative estimate of drug-likeness (QED) is 0.166. The van der Waals surface area contributed by atoms with Gasteiger partial charge in [0.05, 0.1) is 59.5 Å². The highest BCUT2D eigenvalue weighted by atomic mass is 16.8. The lowest BCUT2D eigenvalue weighted by atomic mass is 9.85. The van der Waals surface area contributed by atoms with E-state index >= 15 is 0 Å². The standard InChI is InChI=1S/C31H40O15/c1-39-20-7-14(3-5-18(20)34)25-16-10-42-26(17(16)11-41-25)15-4-6-19(21(8-15)40-2)44-29-27(24(36)23(35)22(9-32)45-29)46-30-28(37)31(38,12-33)13-43-30/h3-8,16-17,22-30,32-38H,9-13H2,1-2H3/t16?,17?,22-,23-,24+,25?,26?,27-,28+,29-,30+,31-/m1/s1. The van der Waals surface area contributed by atoms with Gasteiger partial charge in [-0.1, -0.05) is 12.1 Å². The van der Waals surface area contributed by atoms with E-state index in [1.807, 2.05) is 0 Å². The summed E-state index contributed by atoms with van der Waals surface area (Å²) in [5.74, 6) is 0.951. The molecule has 4 fully saturated rings. The Morgan fingerprint density at radius 1 is 0.804 bits per heavy atom. The predicted molar refractivity (Wildman–Crippen MR) is 153 cm³/mol. The van der Waals surface area contributed by atoms with Crippen LogP contribution in [0.2, 0.25) is 0 Å². The Morgan fingerprint density at radius 2 is 1.43 bits per heavy atom. The second kappa shape index (κ2) is 13.4. The molecule has 4 aliphatic rings. The van der Waals surface area contributed by atoms with Gasteiger partial charge in [-0.05, 0) is 35.4 Å². The highest BCUT2D eigenvalue weighted by Crippen LogP contribution is 2.51. The van der Waals surface area contributed by atoms with Gasteiger partial charge in [0, 0.05) is 11.8 Å². The summed E-state index contributed by atoms with van der Waals surface area (Å²) in [5.41, 5.74) is -0.312. The third kappa shape index (κ3) is 5.90. The lowest BCUT2D eigenvalue weighted by Gasteiger charge is -2.42. The van der Waals surface area contributed by atoms with Gasteiger partial charge in [-0.15, -0.1) is 0 Å². The van der Waals surface area contributed by atoms with E-state index in [1.165, 1.54) is 14.2 Å². The van der Waals surface area contributed by atoms with Crippen molar-refractivity contribution in [3.05, 3.63) is 47.5 Å². The molecule has 4 heterocycles. The molecule has 4 aliphatic heterocycles. The van der Waals surface area contributed by atoms with Crippen molar-refractivity contribution >= 4 is 0 Å². The zero-order chi connectivity index (χ0) is 32.7. The van der Waals surface area contributed by atoms with E-state index in [2.05, 4.69) is 0 Å². The molecule has 2 aromatic carbocycles. The molecule has 15 heteroatoms. The summed E-state index contributed by atoms with van der Waals surface area (Å²) in [6.45, 7) is -0.998. The van der Waals surface area contributed by atoms with Crippen LogP contribution in [0.15, 0.2) is 36.4 Å². The number of hydrogen-bond donors (Lipinski definition) is 7. The molecule has 12 atom stereocenters. The SMILES string of the molecule is COc1cc(C2OCC3C(c4ccc(O[C@@H]5O[C@H](CO)[C@@H](O)[C@H](O)[C@H]5O[C@@H]5OC[C@](O)(CO)[C@H]5O)c(OC)c4)OCC23)ccc1O. The smallest absolute Gasteiger partial charge is 0.229 e. The first-order valence-electron chi connectivity index (χ1n) is 15.0. The molecule has 6 rings (SSSR count).